The van der Waals surface area contributed by atoms with Crippen molar-refractivity contribution in [1.29, 1.82) is 0 Å². The number of rotatable bonds is 2. The molecule has 25 heavy (non-hydrogen) atoms. The molecule has 3 rings (SSSR count). The molecule has 136 valence electrons. The lowest BCUT2D eigenvalue weighted by Crippen LogP contribution is -2.47. The van der Waals surface area contributed by atoms with Gasteiger partial charge in [0.2, 0.25) is 5.91 Å². The van der Waals surface area contributed by atoms with E-state index in [1.807, 2.05) is 18.2 Å². The summed E-state index contributed by atoms with van der Waals surface area (Å²) in [6.07, 6.45) is 3.31. The molecule has 6 heteroatoms. The molecule has 0 unspecified atom stereocenters. The Kier molecular flexibility index (Phi) is 4.96. The Balaban J connectivity index is 1.66. The maximum atomic E-state index is 12.8. The van der Waals surface area contributed by atoms with Crippen molar-refractivity contribution in [1.82, 2.24) is 10.6 Å². The van der Waals surface area contributed by atoms with Gasteiger partial charge >= 0.3 is 6.03 Å². The molecular formula is C19H26ClN3O2. The van der Waals surface area contributed by atoms with Crippen molar-refractivity contribution in [2.45, 2.75) is 51.0 Å². The quantitative estimate of drug-likeness (QED) is 0.845. The summed E-state index contributed by atoms with van der Waals surface area (Å²) in [6, 6.07) is 5.77. The van der Waals surface area contributed by atoms with Crippen molar-refractivity contribution in [2.24, 2.45) is 5.92 Å². The monoisotopic (exact) mass is 363 g/mol. The average molecular weight is 364 g/mol. The summed E-state index contributed by atoms with van der Waals surface area (Å²) in [7, 11) is 1.67. The summed E-state index contributed by atoms with van der Waals surface area (Å²) in [5, 5.41) is 6.57. The van der Waals surface area contributed by atoms with Crippen molar-refractivity contribution in [3.63, 3.8) is 0 Å². The molecule has 0 radical (unpaired) electrons. The van der Waals surface area contributed by atoms with Crippen LogP contribution >= 0.6 is 11.6 Å². The highest BCUT2D eigenvalue weighted by Crippen LogP contribution is 2.44. The molecule has 0 spiro atoms. The fourth-order valence-corrected chi connectivity index (χ4v) is 4.53. The minimum atomic E-state index is -0.165. The molecule has 5 nitrogen and oxygen atoms in total. The topological polar surface area (TPSA) is 61.4 Å². The average Bonchev–Trinajstić information content (AvgIpc) is 2.87. The maximum absolute atomic E-state index is 12.8. The van der Waals surface area contributed by atoms with Crippen molar-refractivity contribution < 1.29 is 9.59 Å². The number of fused-ring (bicyclic) bond motifs is 1. The first-order valence-electron chi connectivity index (χ1n) is 8.92. The predicted molar refractivity (Wildman–Crippen MR) is 100 cm³/mol. The number of nitrogens with one attached hydrogen (secondary N) is 2. The van der Waals surface area contributed by atoms with Gasteiger partial charge in [0.15, 0.2) is 0 Å². The number of halogens is 1. The molecule has 1 aromatic carbocycles. The van der Waals surface area contributed by atoms with E-state index in [1.54, 1.807) is 11.9 Å². The third-order valence-electron chi connectivity index (χ3n) is 5.43. The van der Waals surface area contributed by atoms with Crippen LogP contribution in [-0.2, 0) is 10.2 Å². The van der Waals surface area contributed by atoms with E-state index in [1.165, 1.54) is 0 Å². The zero-order valence-corrected chi connectivity index (χ0v) is 15.8. The lowest BCUT2D eigenvalue weighted by atomic mass is 9.85. The number of benzene rings is 1. The Bertz CT molecular complexity index is 681. The number of carbonyl (C=O) groups excluding carboxylic acids is 2. The summed E-state index contributed by atoms with van der Waals surface area (Å²) < 4.78 is 0. The smallest absolute Gasteiger partial charge is 0.322 e. The van der Waals surface area contributed by atoms with E-state index in [2.05, 4.69) is 24.5 Å². The van der Waals surface area contributed by atoms with E-state index in [9.17, 15) is 9.59 Å². The highest BCUT2D eigenvalue weighted by atomic mass is 35.5. The van der Waals surface area contributed by atoms with Gasteiger partial charge in [-0.1, -0.05) is 31.5 Å². The second-order valence-electron chi connectivity index (χ2n) is 7.72. The normalized spacial score (nSPS) is 24.6. The van der Waals surface area contributed by atoms with Gasteiger partial charge in [0.25, 0.3) is 0 Å². The van der Waals surface area contributed by atoms with Crippen molar-refractivity contribution in [2.75, 3.05) is 18.5 Å². The van der Waals surface area contributed by atoms with Gasteiger partial charge in [-0.2, -0.15) is 0 Å². The number of carbonyl (C=O) groups is 2. The third kappa shape index (κ3) is 3.47. The SMILES string of the molecule is CNC(=O)C1CCC(NC(=O)N2CC(C)(C)c3c(Cl)cccc32)CC1. The van der Waals surface area contributed by atoms with Crippen LogP contribution in [-0.4, -0.2) is 31.6 Å². The largest absolute Gasteiger partial charge is 0.359 e. The fraction of sp³-hybridized carbons (Fsp3) is 0.579. The standard InChI is InChI=1S/C19H26ClN3O2/c1-19(2)11-23(15-6-4-5-14(20)16(15)19)18(25)22-13-9-7-12(8-10-13)17(24)21-3/h4-6,12-13H,7-11H2,1-3H3,(H,21,24)(H,22,25). The Morgan fingerprint density at radius 2 is 1.88 bits per heavy atom. The highest BCUT2D eigenvalue weighted by molar-refractivity contribution is 6.32. The molecule has 3 amide bonds. The van der Waals surface area contributed by atoms with E-state index < -0.39 is 0 Å². The second kappa shape index (κ2) is 6.87. The molecule has 1 saturated carbocycles. The molecule has 2 N–H and O–H groups in total. The van der Waals surface area contributed by atoms with E-state index in [4.69, 9.17) is 11.6 Å². The van der Waals surface area contributed by atoms with Crippen LogP contribution in [0.4, 0.5) is 10.5 Å². The number of hydrogen-bond donors (Lipinski definition) is 2. The van der Waals surface area contributed by atoms with Crippen LogP contribution in [0, 0.1) is 5.92 Å². The summed E-state index contributed by atoms with van der Waals surface area (Å²) >= 11 is 6.38. The molecule has 0 bridgehead atoms. The van der Waals surface area contributed by atoms with Gasteiger partial charge < -0.3 is 10.6 Å². The first kappa shape index (κ1) is 18.1. The maximum Gasteiger partial charge on any atom is 0.322 e. The Morgan fingerprint density at radius 3 is 2.52 bits per heavy atom. The molecule has 1 heterocycles. The zero-order valence-electron chi connectivity index (χ0n) is 15.1. The van der Waals surface area contributed by atoms with Gasteiger partial charge in [-0.05, 0) is 37.8 Å². The first-order valence-corrected chi connectivity index (χ1v) is 9.30. The molecular weight excluding hydrogens is 338 g/mol. The number of nitrogens with zero attached hydrogens (tertiary/aromatic N) is 1. The first-order chi connectivity index (χ1) is 11.8. The van der Waals surface area contributed by atoms with Crippen LogP contribution < -0.4 is 15.5 Å². The molecule has 0 saturated heterocycles. The van der Waals surface area contributed by atoms with Crippen LogP contribution in [0.5, 0.6) is 0 Å². The van der Waals surface area contributed by atoms with Crippen LogP contribution in [0.1, 0.15) is 45.1 Å². The molecule has 1 aromatic rings. The molecule has 2 aliphatic rings. The lowest BCUT2D eigenvalue weighted by molar-refractivity contribution is -0.125. The van der Waals surface area contributed by atoms with Crippen LogP contribution in [0.2, 0.25) is 5.02 Å². The Hall–Kier alpha value is -1.75. The van der Waals surface area contributed by atoms with Gasteiger partial charge in [-0.15, -0.1) is 0 Å². The molecule has 1 aliphatic carbocycles. The zero-order chi connectivity index (χ0) is 18.2. The van der Waals surface area contributed by atoms with Crippen LogP contribution in [0.15, 0.2) is 18.2 Å². The van der Waals surface area contributed by atoms with Gasteiger partial charge in [0.05, 0.1) is 5.69 Å². The van der Waals surface area contributed by atoms with E-state index in [-0.39, 0.29) is 29.3 Å². The van der Waals surface area contributed by atoms with Crippen molar-refractivity contribution >= 4 is 29.2 Å². The van der Waals surface area contributed by atoms with E-state index in [0.29, 0.717) is 11.6 Å². The summed E-state index contributed by atoms with van der Waals surface area (Å²) in [4.78, 5) is 26.4. The lowest BCUT2D eigenvalue weighted by Gasteiger charge is -2.30. The molecule has 1 aliphatic heterocycles. The van der Waals surface area contributed by atoms with Crippen molar-refractivity contribution in [3.05, 3.63) is 28.8 Å². The second-order valence-corrected chi connectivity index (χ2v) is 8.12. The number of amides is 3. The van der Waals surface area contributed by atoms with E-state index in [0.717, 1.165) is 36.9 Å². The van der Waals surface area contributed by atoms with Gasteiger partial charge in [-0.25, -0.2) is 4.79 Å². The minimum absolute atomic E-state index is 0.0718. The summed E-state index contributed by atoms with van der Waals surface area (Å²) in [5.74, 6) is 0.179. The fourth-order valence-electron chi connectivity index (χ4n) is 4.10. The number of anilines is 1. The molecule has 1 fully saturated rings. The van der Waals surface area contributed by atoms with Gasteiger partial charge in [0, 0.05) is 41.6 Å². The Labute approximate surface area is 154 Å². The Morgan fingerprint density at radius 1 is 1.20 bits per heavy atom. The van der Waals surface area contributed by atoms with Gasteiger partial charge in [0.1, 0.15) is 0 Å². The highest BCUT2D eigenvalue weighted by Gasteiger charge is 2.40. The molecule has 0 atom stereocenters. The molecule has 0 aromatic heterocycles. The van der Waals surface area contributed by atoms with Crippen LogP contribution in [0.25, 0.3) is 0 Å². The number of urea groups is 1. The van der Waals surface area contributed by atoms with Gasteiger partial charge in [-0.3, -0.25) is 9.69 Å². The third-order valence-corrected chi connectivity index (χ3v) is 5.74. The summed E-state index contributed by atoms with van der Waals surface area (Å²) in [5.41, 5.74) is 1.77. The minimum Gasteiger partial charge on any atom is -0.359 e. The van der Waals surface area contributed by atoms with E-state index >= 15 is 0 Å². The summed E-state index contributed by atoms with van der Waals surface area (Å²) in [6.45, 7) is 4.84. The van der Waals surface area contributed by atoms with Crippen molar-refractivity contribution in [3.8, 4) is 0 Å². The predicted octanol–water partition coefficient (Wildman–Crippen LogP) is 3.45. The van der Waals surface area contributed by atoms with Crippen LogP contribution in [0.3, 0.4) is 0 Å². The number of hydrogen-bond acceptors (Lipinski definition) is 2.